The molecule has 5 nitrogen and oxygen atoms in total. The van der Waals surface area contributed by atoms with Crippen molar-refractivity contribution in [1.82, 2.24) is 4.90 Å². The van der Waals surface area contributed by atoms with Crippen LogP contribution < -0.4 is 0 Å². The van der Waals surface area contributed by atoms with Gasteiger partial charge in [-0.2, -0.15) is 10.5 Å². The maximum absolute atomic E-state index is 12.8. The Hall–Kier alpha value is -2.73. The number of ketones is 1. The van der Waals surface area contributed by atoms with Gasteiger partial charge in [0.2, 0.25) is 5.91 Å². The number of rotatable bonds is 9. The molecule has 0 aromatic heterocycles. The second-order valence-electron chi connectivity index (χ2n) is 4.98. The lowest BCUT2D eigenvalue weighted by Gasteiger charge is -2.20. The number of benzene rings is 1. The zero-order valence-corrected chi connectivity index (χ0v) is 12.8. The highest BCUT2D eigenvalue weighted by molar-refractivity contribution is 5.96. The molecule has 0 heterocycles. The van der Waals surface area contributed by atoms with Crippen molar-refractivity contribution in [2.24, 2.45) is 0 Å². The third-order valence-electron chi connectivity index (χ3n) is 3.30. The first-order valence-electron chi connectivity index (χ1n) is 7.39. The predicted octanol–water partition coefficient (Wildman–Crippen LogP) is 2.83. The van der Waals surface area contributed by atoms with Crippen LogP contribution in [0.25, 0.3) is 0 Å². The van der Waals surface area contributed by atoms with Crippen molar-refractivity contribution in [2.75, 3.05) is 13.1 Å². The van der Waals surface area contributed by atoms with Gasteiger partial charge in [-0.05, 0) is 30.7 Å². The van der Waals surface area contributed by atoms with Crippen molar-refractivity contribution in [3.8, 4) is 12.1 Å². The Morgan fingerprint density at radius 3 is 2.09 bits per heavy atom. The molecule has 120 valence electrons. The van der Waals surface area contributed by atoms with Crippen LogP contribution in [0.1, 0.15) is 42.5 Å². The van der Waals surface area contributed by atoms with Gasteiger partial charge < -0.3 is 4.90 Å². The minimum Gasteiger partial charge on any atom is -0.341 e. The standard InChI is InChI=1S/C17H18FN3O2/c18-15-8-6-14(7-9-15)16(22)4-1-5-17(23)21(12-2-10-19)13-3-11-20/h6-9H,1-5,12-13H2. The van der Waals surface area contributed by atoms with E-state index in [1.807, 2.05) is 12.1 Å². The number of halogens is 1. The van der Waals surface area contributed by atoms with Crippen LogP contribution in [-0.4, -0.2) is 29.7 Å². The lowest BCUT2D eigenvalue weighted by molar-refractivity contribution is -0.131. The first-order chi connectivity index (χ1) is 11.1. The molecule has 0 atom stereocenters. The van der Waals surface area contributed by atoms with Crippen molar-refractivity contribution in [1.29, 1.82) is 10.5 Å². The predicted molar refractivity (Wildman–Crippen MR) is 81.6 cm³/mol. The van der Waals surface area contributed by atoms with Crippen molar-refractivity contribution >= 4 is 11.7 Å². The van der Waals surface area contributed by atoms with Gasteiger partial charge in [-0.15, -0.1) is 0 Å². The average molecular weight is 315 g/mol. The molecule has 0 spiro atoms. The van der Waals surface area contributed by atoms with Crippen LogP contribution in [0.5, 0.6) is 0 Å². The Bertz CT molecular complexity index is 596. The van der Waals surface area contributed by atoms with Crippen molar-refractivity contribution in [2.45, 2.75) is 32.1 Å². The molecular weight excluding hydrogens is 297 g/mol. The minimum absolute atomic E-state index is 0.140. The number of amides is 1. The molecule has 1 rings (SSSR count). The van der Waals surface area contributed by atoms with Gasteiger partial charge in [0.1, 0.15) is 5.82 Å². The Morgan fingerprint density at radius 1 is 1.00 bits per heavy atom. The van der Waals surface area contributed by atoms with E-state index in [1.165, 1.54) is 29.2 Å². The molecule has 0 bridgehead atoms. The molecule has 1 aromatic rings. The summed E-state index contributed by atoms with van der Waals surface area (Å²) in [4.78, 5) is 25.5. The summed E-state index contributed by atoms with van der Waals surface area (Å²) in [6.07, 6.45) is 1.19. The molecule has 0 aliphatic heterocycles. The van der Waals surface area contributed by atoms with Crippen LogP contribution in [0, 0.1) is 28.5 Å². The van der Waals surface area contributed by atoms with Gasteiger partial charge in [0, 0.05) is 31.5 Å². The first-order valence-corrected chi connectivity index (χ1v) is 7.39. The molecule has 1 amide bonds. The van der Waals surface area contributed by atoms with Gasteiger partial charge in [-0.3, -0.25) is 9.59 Å². The van der Waals surface area contributed by atoms with Gasteiger partial charge in [0.15, 0.2) is 5.78 Å². The van der Waals surface area contributed by atoms with Crippen LogP contribution in [0.15, 0.2) is 24.3 Å². The van der Waals surface area contributed by atoms with E-state index in [0.717, 1.165) is 0 Å². The van der Waals surface area contributed by atoms with Gasteiger partial charge in [0.05, 0.1) is 25.0 Å². The number of nitriles is 2. The summed E-state index contributed by atoms with van der Waals surface area (Å²) in [5.74, 6) is -0.705. The van der Waals surface area contributed by atoms with E-state index in [0.29, 0.717) is 25.1 Å². The third kappa shape index (κ3) is 6.71. The Morgan fingerprint density at radius 2 is 1.57 bits per heavy atom. The summed E-state index contributed by atoms with van der Waals surface area (Å²) < 4.78 is 12.8. The van der Waals surface area contributed by atoms with Crippen molar-refractivity contribution < 1.29 is 14.0 Å². The fourth-order valence-corrected chi connectivity index (χ4v) is 2.07. The zero-order valence-electron chi connectivity index (χ0n) is 12.8. The molecule has 6 heteroatoms. The number of Topliss-reactive ketones (excluding diaryl/α,β-unsaturated/α-hetero) is 1. The van der Waals surface area contributed by atoms with Gasteiger partial charge in [-0.25, -0.2) is 4.39 Å². The van der Waals surface area contributed by atoms with Gasteiger partial charge >= 0.3 is 0 Å². The molecule has 1 aromatic carbocycles. The molecule has 23 heavy (non-hydrogen) atoms. The first kappa shape index (κ1) is 18.3. The van der Waals surface area contributed by atoms with Crippen LogP contribution in [0.4, 0.5) is 4.39 Å². The molecule has 0 radical (unpaired) electrons. The van der Waals surface area contributed by atoms with Crippen LogP contribution in [0.2, 0.25) is 0 Å². The van der Waals surface area contributed by atoms with Crippen LogP contribution in [-0.2, 0) is 4.79 Å². The largest absolute Gasteiger partial charge is 0.341 e. The fraction of sp³-hybridized carbons (Fsp3) is 0.412. The SMILES string of the molecule is N#CCCN(CCC#N)C(=O)CCCC(=O)c1ccc(F)cc1. The maximum Gasteiger partial charge on any atom is 0.222 e. The molecule has 0 aliphatic rings. The highest BCUT2D eigenvalue weighted by atomic mass is 19.1. The fourth-order valence-electron chi connectivity index (χ4n) is 2.07. The van der Waals surface area contributed by atoms with Crippen LogP contribution >= 0.6 is 0 Å². The van der Waals surface area contributed by atoms with Gasteiger partial charge in [-0.1, -0.05) is 0 Å². The van der Waals surface area contributed by atoms with E-state index < -0.39 is 5.82 Å². The molecule has 0 aliphatic carbocycles. The number of nitrogens with zero attached hydrogens (tertiary/aromatic N) is 3. The van der Waals surface area contributed by atoms with E-state index in [-0.39, 0.29) is 37.4 Å². The Kier molecular flexibility index (Phi) is 8.02. The summed E-state index contributed by atoms with van der Waals surface area (Å²) in [6, 6.07) is 9.23. The van der Waals surface area contributed by atoms with E-state index >= 15 is 0 Å². The molecule has 0 unspecified atom stereocenters. The second-order valence-corrected chi connectivity index (χ2v) is 4.98. The van der Waals surface area contributed by atoms with E-state index in [2.05, 4.69) is 0 Å². The zero-order chi connectivity index (χ0) is 17.1. The minimum atomic E-state index is -0.401. The lowest BCUT2D eigenvalue weighted by atomic mass is 10.1. The average Bonchev–Trinajstić information content (AvgIpc) is 2.55. The number of carbonyl (C=O) groups is 2. The third-order valence-corrected chi connectivity index (χ3v) is 3.30. The molecule has 0 saturated heterocycles. The number of hydrogen-bond acceptors (Lipinski definition) is 4. The Labute approximate surface area is 134 Å². The van der Waals surface area contributed by atoms with Crippen LogP contribution in [0.3, 0.4) is 0 Å². The lowest BCUT2D eigenvalue weighted by Crippen LogP contribution is -2.32. The highest BCUT2D eigenvalue weighted by Gasteiger charge is 2.14. The number of carbonyl (C=O) groups excluding carboxylic acids is 2. The van der Waals surface area contributed by atoms with Crippen molar-refractivity contribution in [3.05, 3.63) is 35.6 Å². The number of hydrogen-bond donors (Lipinski definition) is 0. The molecule has 0 N–H and O–H groups in total. The van der Waals surface area contributed by atoms with E-state index in [1.54, 1.807) is 0 Å². The highest BCUT2D eigenvalue weighted by Crippen LogP contribution is 2.10. The van der Waals surface area contributed by atoms with E-state index in [9.17, 15) is 14.0 Å². The molecule has 0 saturated carbocycles. The topological polar surface area (TPSA) is 85.0 Å². The normalized spacial score (nSPS) is 9.70. The summed E-state index contributed by atoms with van der Waals surface area (Å²) in [7, 11) is 0. The van der Waals surface area contributed by atoms with Crippen molar-refractivity contribution in [3.63, 3.8) is 0 Å². The summed E-state index contributed by atoms with van der Waals surface area (Å²) in [5.41, 5.74) is 0.421. The quantitative estimate of drug-likeness (QED) is 0.656. The maximum atomic E-state index is 12.8. The molecule has 0 fully saturated rings. The smallest absolute Gasteiger partial charge is 0.222 e. The summed E-state index contributed by atoms with van der Waals surface area (Å²) in [6.45, 7) is 0.589. The van der Waals surface area contributed by atoms with Gasteiger partial charge in [0.25, 0.3) is 0 Å². The van der Waals surface area contributed by atoms with E-state index in [4.69, 9.17) is 10.5 Å². The summed E-state index contributed by atoms with van der Waals surface area (Å²) in [5, 5.41) is 17.2. The summed E-state index contributed by atoms with van der Waals surface area (Å²) >= 11 is 0. The molecular formula is C17H18FN3O2. The second kappa shape index (κ2) is 10.1. The Balaban J connectivity index is 2.44. The monoisotopic (exact) mass is 315 g/mol.